The minimum atomic E-state index is 0.459. The fourth-order valence-electron chi connectivity index (χ4n) is 0.792. The first kappa shape index (κ1) is 7.62. The molecule has 2 nitrogen and oxygen atoms in total. The Balaban J connectivity index is 2.68. The van der Waals surface area contributed by atoms with Gasteiger partial charge in [-0.3, -0.25) is 0 Å². The van der Waals surface area contributed by atoms with Crippen molar-refractivity contribution in [1.82, 2.24) is 0 Å². The van der Waals surface area contributed by atoms with Gasteiger partial charge >= 0.3 is 0 Å². The molecule has 0 saturated heterocycles. The van der Waals surface area contributed by atoms with Crippen LogP contribution in [0.2, 0.25) is 0 Å². The minimum absolute atomic E-state index is 0.459. The van der Waals surface area contributed by atoms with E-state index in [9.17, 15) is 0 Å². The van der Waals surface area contributed by atoms with E-state index in [1.54, 1.807) is 6.26 Å². The van der Waals surface area contributed by atoms with E-state index in [2.05, 4.69) is 6.07 Å². The van der Waals surface area contributed by atoms with Crippen LogP contribution in [0.3, 0.4) is 0 Å². The Morgan fingerprint density at radius 3 is 3.18 bits per heavy atom. The summed E-state index contributed by atoms with van der Waals surface area (Å²) in [5.41, 5.74) is 1.02. The van der Waals surface area contributed by atoms with Crippen LogP contribution in [0.25, 0.3) is 6.08 Å². The second-order valence-corrected chi connectivity index (χ2v) is 2.34. The van der Waals surface area contributed by atoms with Gasteiger partial charge in [-0.15, -0.1) is 0 Å². The third-order valence-corrected chi connectivity index (χ3v) is 1.29. The molecule has 0 aliphatic rings. The average molecular weight is 147 g/mol. The summed E-state index contributed by atoms with van der Waals surface area (Å²) in [6, 6.07) is 5.76. The summed E-state index contributed by atoms with van der Waals surface area (Å²) >= 11 is 0. The van der Waals surface area contributed by atoms with E-state index in [-0.39, 0.29) is 0 Å². The van der Waals surface area contributed by atoms with Gasteiger partial charge in [-0.25, -0.2) is 0 Å². The van der Waals surface area contributed by atoms with Crippen LogP contribution in [-0.4, -0.2) is 0 Å². The highest BCUT2D eigenvalue weighted by Gasteiger charge is 1.91. The standard InChI is InChI=1S/C9H9NO/c1-8(4-5-10)7-9-3-2-6-11-9/h2-3,6-7H,4H2,1H3/b8-7+. The number of hydrogen-bond acceptors (Lipinski definition) is 2. The average Bonchev–Trinajstić information content (AvgIpc) is 2.40. The van der Waals surface area contributed by atoms with Gasteiger partial charge < -0.3 is 4.42 Å². The fraction of sp³-hybridized carbons (Fsp3) is 0.222. The molecule has 0 radical (unpaired) electrons. The molecule has 0 aliphatic heterocycles. The molecular weight excluding hydrogens is 138 g/mol. The summed E-state index contributed by atoms with van der Waals surface area (Å²) in [6.07, 6.45) is 3.94. The summed E-state index contributed by atoms with van der Waals surface area (Å²) < 4.78 is 5.06. The van der Waals surface area contributed by atoms with E-state index in [4.69, 9.17) is 9.68 Å². The number of hydrogen-bond donors (Lipinski definition) is 0. The smallest absolute Gasteiger partial charge is 0.126 e. The number of allylic oxidation sites excluding steroid dienone is 1. The van der Waals surface area contributed by atoms with Gasteiger partial charge in [0.25, 0.3) is 0 Å². The van der Waals surface area contributed by atoms with Gasteiger partial charge in [0, 0.05) is 0 Å². The Kier molecular flexibility index (Phi) is 2.51. The lowest BCUT2D eigenvalue weighted by Gasteiger charge is -1.88. The van der Waals surface area contributed by atoms with E-state index in [0.29, 0.717) is 6.42 Å². The van der Waals surface area contributed by atoms with Gasteiger partial charge in [-0.2, -0.15) is 5.26 Å². The maximum absolute atomic E-state index is 8.34. The molecule has 0 fully saturated rings. The van der Waals surface area contributed by atoms with Crippen molar-refractivity contribution in [3.63, 3.8) is 0 Å². The zero-order chi connectivity index (χ0) is 8.10. The van der Waals surface area contributed by atoms with Gasteiger partial charge in [0.2, 0.25) is 0 Å². The van der Waals surface area contributed by atoms with Crippen LogP contribution < -0.4 is 0 Å². The van der Waals surface area contributed by atoms with Gasteiger partial charge in [0.05, 0.1) is 18.8 Å². The highest BCUT2D eigenvalue weighted by Crippen LogP contribution is 2.08. The predicted molar refractivity (Wildman–Crippen MR) is 42.6 cm³/mol. The lowest BCUT2D eigenvalue weighted by Crippen LogP contribution is -1.71. The van der Waals surface area contributed by atoms with E-state index in [1.807, 2.05) is 25.1 Å². The number of rotatable bonds is 2. The highest BCUT2D eigenvalue weighted by molar-refractivity contribution is 5.46. The second kappa shape index (κ2) is 3.62. The fourth-order valence-corrected chi connectivity index (χ4v) is 0.792. The van der Waals surface area contributed by atoms with E-state index >= 15 is 0 Å². The van der Waals surface area contributed by atoms with Gasteiger partial charge in [-0.1, -0.05) is 5.57 Å². The second-order valence-electron chi connectivity index (χ2n) is 2.34. The molecule has 0 unspecified atom stereocenters. The Morgan fingerprint density at radius 2 is 2.64 bits per heavy atom. The third kappa shape index (κ3) is 2.30. The Morgan fingerprint density at radius 1 is 1.82 bits per heavy atom. The third-order valence-electron chi connectivity index (χ3n) is 1.29. The van der Waals surface area contributed by atoms with Crippen molar-refractivity contribution < 1.29 is 4.42 Å². The molecular formula is C9H9NO. The van der Waals surface area contributed by atoms with Gasteiger partial charge in [0.1, 0.15) is 5.76 Å². The van der Waals surface area contributed by atoms with Crippen LogP contribution in [0.1, 0.15) is 19.1 Å². The van der Waals surface area contributed by atoms with Gasteiger partial charge in [-0.05, 0) is 25.1 Å². The maximum atomic E-state index is 8.34. The minimum Gasteiger partial charge on any atom is -0.465 e. The zero-order valence-corrected chi connectivity index (χ0v) is 6.37. The Labute approximate surface area is 65.8 Å². The molecule has 1 aromatic heterocycles. The quantitative estimate of drug-likeness (QED) is 0.644. The first-order valence-electron chi connectivity index (χ1n) is 3.40. The van der Waals surface area contributed by atoms with Crippen LogP contribution in [0.4, 0.5) is 0 Å². The van der Waals surface area contributed by atoms with Crippen LogP contribution in [0, 0.1) is 11.3 Å². The van der Waals surface area contributed by atoms with Crippen molar-refractivity contribution in [1.29, 1.82) is 5.26 Å². The summed E-state index contributed by atoms with van der Waals surface area (Å²) in [7, 11) is 0. The molecule has 11 heavy (non-hydrogen) atoms. The molecule has 56 valence electrons. The molecule has 1 heterocycles. The molecule has 0 bridgehead atoms. The highest BCUT2D eigenvalue weighted by atomic mass is 16.3. The number of nitriles is 1. The van der Waals surface area contributed by atoms with Crippen molar-refractivity contribution in [2.45, 2.75) is 13.3 Å². The summed E-state index contributed by atoms with van der Waals surface area (Å²) in [6.45, 7) is 1.91. The molecule has 2 heteroatoms. The van der Waals surface area contributed by atoms with Crippen molar-refractivity contribution in [3.05, 3.63) is 29.7 Å². The number of furan rings is 1. The topological polar surface area (TPSA) is 36.9 Å². The lowest BCUT2D eigenvalue weighted by molar-refractivity contribution is 0.556. The Bertz CT molecular complexity index is 277. The monoisotopic (exact) mass is 147 g/mol. The SMILES string of the molecule is C/C(=C\c1ccco1)CC#N. The zero-order valence-electron chi connectivity index (χ0n) is 6.37. The van der Waals surface area contributed by atoms with Crippen molar-refractivity contribution in [2.75, 3.05) is 0 Å². The Hall–Kier alpha value is -1.49. The molecule has 0 aromatic carbocycles. The first-order valence-corrected chi connectivity index (χ1v) is 3.40. The van der Waals surface area contributed by atoms with E-state index in [1.165, 1.54) is 0 Å². The van der Waals surface area contributed by atoms with Crippen LogP contribution in [0.5, 0.6) is 0 Å². The first-order chi connectivity index (χ1) is 5.33. The molecule has 0 spiro atoms. The molecule has 0 N–H and O–H groups in total. The number of nitrogens with zero attached hydrogens (tertiary/aromatic N) is 1. The van der Waals surface area contributed by atoms with E-state index < -0.39 is 0 Å². The molecule has 1 aromatic rings. The maximum Gasteiger partial charge on any atom is 0.126 e. The largest absolute Gasteiger partial charge is 0.465 e. The van der Waals surface area contributed by atoms with Crippen molar-refractivity contribution in [2.24, 2.45) is 0 Å². The van der Waals surface area contributed by atoms with Crippen molar-refractivity contribution in [3.8, 4) is 6.07 Å². The normalized spacial score (nSPS) is 11.1. The molecule has 0 saturated carbocycles. The molecule has 0 amide bonds. The summed E-state index contributed by atoms with van der Waals surface area (Å²) in [4.78, 5) is 0. The lowest BCUT2D eigenvalue weighted by atomic mass is 10.2. The molecule has 0 aliphatic carbocycles. The van der Waals surface area contributed by atoms with Crippen LogP contribution in [-0.2, 0) is 0 Å². The van der Waals surface area contributed by atoms with Gasteiger partial charge in [0.15, 0.2) is 0 Å². The summed E-state index contributed by atoms with van der Waals surface area (Å²) in [5, 5.41) is 8.34. The van der Waals surface area contributed by atoms with Crippen molar-refractivity contribution >= 4 is 6.08 Å². The van der Waals surface area contributed by atoms with Crippen LogP contribution >= 0.6 is 0 Å². The van der Waals surface area contributed by atoms with E-state index in [0.717, 1.165) is 11.3 Å². The molecule has 1 rings (SSSR count). The van der Waals surface area contributed by atoms with Crippen LogP contribution in [0.15, 0.2) is 28.4 Å². The predicted octanol–water partition coefficient (Wildman–Crippen LogP) is 2.60. The molecule has 0 atom stereocenters. The summed E-state index contributed by atoms with van der Waals surface area (Å²) in [5.74, 6) is 0.803.